The average Bonchev–Trinajstić information content (AvgIpc) is 1.60. The van der Waals surface area contributed by atoms with Crippen molar-refractivity contribution in [3.8, 4) is 0 Å². The molecule has 0 aliphatic heterocycles. The zero-order valence-corrected chi connectivity index (χ0v) is 63.8. The van der Waals surface area contributed by atoms with E-state index in [-0.39, 0.29) is 25.7 Å². The van der Waals surface area contributed by atoms with Crippen LogP contribution in [0.4, 0.5) is 0 Å². The molecule has 0 aromatic carbocycles. The second-order valence-electron chi connectivity index (χ2n) is 28.3. The Bertz CT molecular complexity index is 1840. The van der Waals surface area contributed by atoms with Crippen molar-refractivity contribution < 1.29 is 80.2 Å². The standard InChI is InChI=1S/C76H148O17P2/c1-7-9-11-13-15-17-19-20-21-22-23-24-25-26-27-29-35-42-48-54-60-75(80)92-71(64-87-74(79)59-53-47-41-34-31-30-32-38-44-50-56-68(3)4)66-90-94(82,83)88-62-70(77)63-89-95(84,85)91-67-72(93-76(81)61-55-49-43-37-36-39-45-51-57-69(5)6)65-86-73(78)58-52-46-40-33-28-18-16-14-12-10-8-2/h68-72,77H,7-67H2,1-6H3,(H,82,83)(H,84,85)/t70-,71-,72-/m1/s1. The quantitative estimate of drug-likeness (QED) is 0.0222. The van der Waals surface area contributed by atoms with E-state index in [1.54, 1.807) is 0 Å². The number of phosphoric acid groups is 2. The zero-order valence-electron chi connectivity index (χ0n) is 62.0. The van der Waals surface area contributed by atoms with E-state index in [4.69, 9.17) is 37.0 Å². The van der Waals surface area contributed by atoms with E-state index in [1.807, 2.05) is 0 Å². The number of ether oxygens (including phenoxy) is 4. The minimum Gasteiger partial charge on any atom is -0.462 e. The summed E-state index contributed by atoms with van der Waals surface area (Å²) in [5.74, 6) is -0.641. The largest absolute Gasteiger partial charge is 0.472 e. The smallest absolute Gasteiger partial charge is 0.462 e. The fourth-order valence-electron chi connectivity index (χ4n) is 11.7. The second kappa shape index (κ2) is 67.9. The number of rotatable bonds is 75. The number of phosphoric ester groups is 2. The zero-order chi connectivity index (χ0) is 70.0. The summed E-state index contributed by atoms with van der Waals surface area (Å²) < 4.78 is 68.5. The number of unbranched alkanes of at least 4 members (excludes halogenated alkanes) is 45. The minimum absolute atomic E-state index is 0.105. The molecule has 564 valence electrons. The van der Waals surface area contributed by atoms with Gasteiger partial charge in [-0.3, -0.25) is 37.3 Å². The first kappa shape index (κ1) is 93.1. The molecule has 0 rings (SSSR count). The Balaban J connectivity index is 5.21. The van der Waals surface area contributed by atoms with Crippen molar-refractivity contribution in [1.82, 2.24) is 0 Å². The maximum atomic E-state index is 13.1. The highest BCUT2D eigenvalue weighted by Crippen LogP contribution is 2.45. The highest BCUT2D eigenvalue weighted by Gasteiger charge is 2.30. The molecule has 19 heteroatoms. The highest BCUT2D eigenvalue weighted by atomic mass is 31.2. The Labute approximate surface area is 581 Å². The Kier molecular flexibility index (Phi) is 66.5. The molecule has 0 spiro atoms. The Morgan fingerprint density at radius 3 is 0.716 bits per heavy atom. The van der Waals surface area contributed by atoms with Crippen LogP contribution < -0.4 is 0 Å². The molecule has 0 fully saturated rings. The monoisotopic (exact) mass is 1400 g/mol. The van der Waals surface area contributed by atoms with Gasteiger partial charge in [0.2, 0.25) is 0 Å². The van der Waals surface area contributed by atoms with Gasteiger partial charge >= 0.3 is 39.5 Å². The number of hydrogen-bond acceptors (Lipinski definition) is 15. The summed E-state index contributed by atoms with van der Waals surface area (Å²) >= 11 is 0. The van der Waals surface area contributed by atoms with Gasteiger partial charge in [-0.15, -0.1) is 0 Å². The molecule has 0 aromatic rings. The molecule has 17 nitrogen and oxygen atoms in total. The second-order valence-corrected chi connectivity index (χ2v) is 31.3. The molecule has 0 amide bonds. The first-order valence-corrected chi connectivity index (χ1v) is 42.5. The van der Waals surface area contributed by atoms with Gasteiger partial charge in [0.05, 0.1) is 26.4 Å². The van der Waals surface area contributed by atoms with Crippen LogP contribution in [0, 0.1) is 11.8 Å². The van der Waals surface area contributed by atoms with E-state index in [0.29, 0.717) is 25.7 Å². The predicted molar refractivity (Wildman–Crippen MR) is 386 cm³/mol. The van der Waals surface area contributed by atoms with Crippen LogP contribution in [0.3, 0.4) is 0 Å². The van der Waals surface area contributed by atoms with E-state index < -0.39 is 97.5 Å². The van der Waals surface area contributed by atoms with Crippen LogP contribution in [-0.4, -0.2) is 96.7 Å². The number of esters is 4. The molecule has 5 atom stereocenters. The van der Waals surface area contributed by atoms with Gasteiger partial charge < -0.3 is 33.8 Å². The van der Waals surface area contributed by atoms with Gasteiger partial charge in [-0.25, -0.2) is 9.13 Å². The lowest BCUT2D eigenvalue weighted by molar-refractivity contribution is -0.161. The molecule has 95 heavy (non-hydrogen) atoms. The van der Waals surface area contributed by atoms with Crippen LogP contribution in [-0.2, 0) is 65.4 Å². The molecule has 3 N–H and O–H groups in total. The van der Waals surface area contributed by atoms with Gasteiger partial charge in [0.15, 0.2) is 12.2 Å². The van der Waals surface area contributed by atoms with E-state index in [2.05, 4.69) is 41.5 Å². The van der Waals surface area contributed by atoms with Crippen molar-refractivity contribution in [3.63, 3.8) is 0 Å². The predicted octanol–water partition coefficient (Wildman–Crippen LogP) is 22.3. The maximum Gasteiger partial charge on any atom is 0.472 e. The van der Waals surface area contributed by atoms with E-state index >= 15 is 0 Å². The van der Waals surface area contributed by atoms with Crippen molar-refractivity contribution in [1.29, 1.82) is 0 Å². The third-order valence-electron chi connectivity index (χ3n) is 17.7. The third kappa shape index (κ3) is 70.3. The molecule has 2 unspecified atom stereocenters. The number of aliphatic hydroxyl groups is 1. The van der Waals surface area contributed by atoms with Crippen LogP contribution >= 0.6 is 15.6 Å². The lowest BCUT2D eigenvalue weighted by Gasteiger charge is -2.21. The normalized spacial score (nSPS) is 14.0. The van der Waals surface area contributed by atoms with E-state index in [9.17, 15) is 43.2 Å². The van der Waals surface area contributed by atoms with Gasteiger partial charge in [0.1, 0.15) is 19.3 Å². The number of carbonyl (C=O) groups excluding carboxylic acids is 4. The minimum atomic E-state index is -4.96. The van der Waals surface area contributed by atoms with Crippen molar-refractivity contribution in [3.05, 3.63) is 0 Å². The molecule has 0 bridgehead atoms. The highest BCUT2D eigenvalue weighted by molar-refractivity contribution is 7.47. The number of carbonyl (C=O) groups is 4. The summed E-state index contributed by atoms with van der Waals surface area (Å²) in [6.07, 6.45) is 55.6. The van der Waals surface area contributed by atoms with E-state index in [0.717, 1.165) is 102 Å². The van der Waals surface area contributed by atoms with Crippen LogP contribution in [0.15, 0.2) is 0 Å². The lowest BCUT2D eigenvalue weighted by atomic mass is 10.0. The van der Waals surface area contributed by atoms with E-state index in [1.165, 1.54) is 212 Å². The Hall–Kier alpha value is -1.94. The summed E-state index contributed by atoms with van der Waals surface area (Å²) in [6, 6.07) is 0. The van der Waals surface area contributed by atoms with Gasteiger partial charge in [-0.1, -0.05) is 343 Å². The van der Waals surface area contributed by atoms with Gasteiger partial charge in [-0.2, -0.15) is 0 Å². The SMILES string of the molecule is CCCCCCCCCCCCCCCCCCCCCCC(=O)O[C@H](COC(=O)CCCCCCCCCCCCC(C)C)COP(=O)(O)OC[C@@H](O)COP(=O)(O)OC[C@@H](COC(=O)CCCCCCCCCCCCC)OC(=O)CCCCCCCCCCC(C)C. The number of aliphatic hydroxyl groups excluding tert-OH is 1. The lowest BCUT2D eigenvalue weighted by Crippen LogP contribution is -2.30. The molecule has 0 saturated heterocycles. The van der Waals surface area contributed by atoms with Gasteiger partial charge in [0.25, 0.3) is 0 Å². The summed E-state index contributed by atoms with van der Waals surface area (Å²) in [7, 11) is -9.91. The molecular formula is C76H148O17P2. The fraction of sp³-hybridized carbons (Fsp3) is 0.947. The first-order chi connectivity index (χ1) is 45.9. The molecule has 0 heterocycles. The Morgan fingerprint density at radius 1 is 0.284 bits per heavy atom. The van der Waals surface area contributed by atoms with Crippen molar-refractivity contribution >= 4 is 39.5 Å². The van der Waals surface area contributed by atoms with Crippen LogP contribution in [0.25, 0.3) is 0 Å². The van der Waals surface area contributed by atoms with Crippen LogP contribution in [0.2, 0.25) is 0 Å². The molecule has 0 aliphatic carbocycles. The number of hydrogen-bond donors (Lipinski definition) is 3. The van der Waals surface area contributed by atoms with Gasteiger partial charge in [0, 0.05) is 25.7 Å². The molecule has 0 aliphatic rings. The van der Waals surface area contributed by atoms with Crippen molar-refractivity contribution in [2.45, 2.75) is 413 Å². The average molecular weight is 1400 g/mol. The fourth-order valence-corrected chi connectivity index (χ4v) is 13.2. The summed E-state index contributed by atoms with van der Waals surface area (Å²) in [4.78, 5) is 72.8. The summed E-state index contributed by atoms with van der Waals surface area (Å²) in [5, 5.41) is 10.6. The molecule has 0 radical (unpaired) electrons. The summed E-state index contributed by atoms with van der Waals surface area (Å²) in [5.41, 5.74) is 0. The topological polar surface area (TPSA) is 237 Å². The van der Waals surface area contributed by atoms with Crippen molar-refractivity contribution in [2.75, 3.05) is 39.6 Å². The first-order valence-electron chi connectivity index (χ1n) is 39.5. The Morgan fingerprint density at radius 2 is 0.484 bits per heavy atom. The van der Waals surface area contributed by atoms with Crippen molar-refractivity contribution in [2.24, 2.45) is 11.8 Å². The molecule has 0 saturated carbocycles. The third-order valence-corrected chi connectivity index (χ3v) is 19.6. The maximum absolute atomic E-state index is 13.1. The van der Waals surface area contributed by atoms with Crippen LogP contribution in [0.5, 0.6) is 0 Å². The molecule has 0 aromatic heterocycles. The molecular weight excluding hydrogens is 1250 g/mol. The summed E-state index contributed by atoms with van der Waals surface area (Å²) in [6.45, 7) is 9.54. The van der Waals surface area contributed by atoms with Crippen LogP contribution in [0.1, 0.15) is 395 Å². The van der Waals surface area contributed by atoms with Gasteiger partial charge in [-0.05, 0) is 37.5 Å².